The van der Waals surface area contributed by atoms with E-state index >= 15 is 0 Å². The van der Waals surface area contributed by atoms with Gasteiger partial charge in [-0.3, -0.25) is 19.8 Å². The number of sulfonamides is 1. The highest BCUT2D eigenvalue weighted by Crippen LogP contribution is 2.55. The largest absolute Gasteiger partial charge is 0.436 e. The van der Waals surface area contributed by atoms with E-state index in [1.807, 2.05) is 18.2 Å². The van der Waals surface area contributed by atoms with Crippen molar-refractivity contribution >= 4 is 61.3 Å². The molecule has 1 unspecified atom stereocenters. The minimum atomic E-state index is -4.61. The maximum absolute atomic E-state index is 13.9. The van der Waals surface area contributed by atoms with Crippen LogP contribution < -0.4 is 19.7 Å². The highest BCUT2D eigenvalue weighted by Gasteiger charge is 2.41. The van der Waals surface area contributed by atoms with Crippen LogP contribution in [0.5, 0.6) is 11.6 Å². The summed E-state index contributed by atoms with van der Waals surface area (Å²) in [6.45, 7) is 5.20. The quantitative estimate of drug-likeness (QED) is 0.0796. The number of nitrogens with one attached hydrogen (secondary N) is 3. The SMILES string of the molecule is O=C(NS(=O)(=O)c1ccc(NCC2COCCO2)c([N+](=O)[O-])c1)c1ccc(N2CCN(CC3=C(c4ccc(Cl)cc4)CC4(CCC4)CC3)CC2)nc1Oc1cnc2[nH]ccc2c1. The fourth-order valence-electron chi connectivity index (χ4n) is 8.83. The zero-order chi connectivity index (χ0) is 42.8. The number of nitro benzene ring substituents is 1. The van der Waals surface area contributed by atoms with Crippen molar-refractivity contribution in [1.82, 2.24) is 24.6 Å². The van der Waals surface area contributed by atoms with Crippen molar-refractivity contribution in [1.29, 1.82) is 0 Å². The number of H-pyrrole nitrogens is 1. The number of nitrogens with zero attached hydrogens (tertiary/aromatic N) is 5. The Hall–Kier alpha value is -5.59. The molecule has 9 rings (SSSR count). The Morgan fingerprint density at radius 1 is 1.03 bits per heavy atom. The summed E-state index contributed by atoms with van der Waals surface area (Å²) in [5, 5.41) is 16.5. The molecular formula is C44H47ClN8O8S. The van der Waals surface area contributed by atoms with Gasteiger partial charge in [-0.05, 0) is 97.2 Å². The highest BCUT2D eigenvalue weighted by molar-refractivity contribution is 7.90. The van der Waals surface area contributed by atoms with Gasteiger partial charge in [-0.25, -0.2) is 18.1 Å². The monoisotopic (exact) mass is 882 g/mol. The van der Waals surface area contributed by atoms with Crippen LogP contribution in [0.1, 0.15) is 54.4 Å². The first-order chi connectivity index (χ1) is 30.0. The van der Waals surface area contributed by atoms with Crippen molar-refractivity contribution in [3.63, 3.8) is 0 Å². The summed E-state index contributed by atoms with van der Waals surface area (Å²) in [4.78, 5) is 41.6. The maximum Gasteiger partial charge on any atom is 0.293 e. The molecule has 3 aromatic heterocycles. The number of hydrogen-bond acceptors (Lipinski definition) is 13. The number of benzene rings is 2. The van der Waals surface area contributed by atoms with Crippen LogP contribution in [0.2, 0.25) is 5.02 Å². The predicted molar refractivity (Wildman–Crippen MR) is 234 cm³/mol. The molecule has 0 bridgehead atoms. The molecule has 1 amide bonds. The van der Waals surface area contributed by atoms with Crippen molar-refractivity contribution < 1.29 is 32.3 Å². The third kappa shape index (κ3) is 9.13. The summed E-state index contributed by atoms with van der Waals surface area (Å²) in [7, 11) is -4.61. The summed E-state index contributed by atoms with van der Waals surface area (Å²) in [5.41, 5.74) is 4.74. The molecule has 16 nitrogen and oxygen atoms in total. The normalized spacial score (nSPS) is 19.3. The molecule has 1 atom stereocenters. The van der Waals surface area contributed by atoms with Crippen LogP contribution in [-0.4, -0.2) is 104 Å². The number of nitro groups is 1. The third-order valence-electron chi connectivity index (χ3n) is 12.4. The minimum absolute atomic E-state index is 0.0920. The van der Waals surface area contributed by atoms with E-state index in [9.17, 15) is 23.3 Å². The van der Waals surface area contributed by atoms with Crippen LogP contribution in [0.25, 0.3) is 16.6 Å². The van der Waals surface area contributed by atoms with Crippen LogP contribution >= 0.6 is 11.6 Å². The molecule has 324 valence electrons. The molecular weight excluding hydrogens is 836 g/mol. The first kappa shape index (κ1) is 41.7. The van der Waals surface area contributed by atoms with Gasteiger partial charge in [0.25, 0.3) is 21.6 Å². The van der Waals surface area contributed by atoms with Crippen molar-refractivity contribution in [2.45, 2.75) is 49.5 Å². The number of aromatic nitrogens is 3. The summed E-state index contributed by atoms with van der Waals surface area (Å²) >= 11 is 6.27. The van der Waals surface area contributed by atoms with Crippen LogP contribution in [0.3, 0.4) is 0 Å². The Morgan fingerprint density at radius 2 is 1.85 bits per heavy atom. The van der Waals surface area contributed by atoms with Gasteiger partial charge in [0, 0.05) is 61.9 Å². The molecule has 4 aliphatic rings. The second-order valence-electron chi connectivity index (χ2n) is 16.4. The molecule has 1 saturated carbocycles. The number of allylic oxidation sites excluding steroid dienone is 1. The molecule has 5 aromatic rings. The first-order valence-electron chi connectivity index (χ1n) is 20.9. The number of amides is 1. The molecule has 3 fully saturated rings. The lowest BCUT2D eigenvalue weighted by molar-refractivity contribution is -0.384. The van der Waals surface area contributed by atoms with E-state index < -0.39 is 31.4 Å². The van der Waals surface area contributed by atoms with E-state index in [-0.39, 0.29) is 35.5 Å². The number of anilines is 2. The van der Waals surface area contributed by atoms with Gasteiger partial charge in [0.2, 0.25) is 5.88 Å². The van der Waals surface area contributed by atoms with E-state index in [0.717, 1.165) is 49.0 Å². The number of halogens is 1. The second kappa shape index (κ2) is 17.6. The topological polar surface area (TPSA) is 194 Å². The van der Waals surface area contributed by atoms with Gasteiger partial charge in [-0.1, -0.05) is 35.7 Å². The second-order valence-corrected chi connectivity index (χ2v) is 18.5. The van der Waals surface area contributed by atoms with Crippen LogP contribution in [-0.2, 0) is 19.5 Å². The van der Waals surface area contributed by atoms with E-state index in [2.05, 4.69) is 41.9 Å². The Labute approximate surface area is 363 Å². The number of pyridine rings is 2. The molecule has 0 radical (unpaired) electrons. The Bertz CT molecular complexity index is 2620. The van der Waals surface area contributed by atoms with Crippen molar-refractivity contribution in [3.8, 4) is 11.6 Å². The zero-order valence-corrected chi connectivity index (χ0v) is 35.6. The average molecular weight is 883 g/mol. The molecule has 3 N–H and O–H groups in total. The lowest BCUT2D eigenvalue weighted by Crippen LogP contribution is -2.47. The maximum atomic E-state index is 13.9. The third-order valence-corrected chi connectivity index (χ3v) is 14.0. The fraction of sp³-hybridized carbons (Fsp3) is 0.386. The Kier molecular flexibility index (Phi) is 11.9. The summed E-state index contributed by atoms with van der Waals surface area (Å²) < 4.78 is 46.5. The first-order valence-corrected chi connectivity index (χ1v) is 22.7. The van der Waals surface area contributed by atoms with Gasteiger partial charge >= 0.3 is 0 Å². The average Bonchev–Trinajstić information content (AvgIpc) is 3.74. The van der Waals surface area contributed by atoms with Crippen LogP contribution in [0.4, 0.5) is 17.2 Å². The molecule has 2 aromatic carbocycles. The molecule has 2 aliphatic heterocycles. The fourth-order valence-corrected chi connectivity index (χ4v) is 9.95. The van der Waals surface area contributed by atoms with Crippen LogP contribution in [0.15, 0.2) is 89.6 Å². The van der Waals surface area contributed by atoms with E-state index in [1.54, 1.807) is 18.3 Å². The number of carbonyl (C=O) groups is 1. The minimum Gasteiger partial charge on any atom is -0.436 e. The molecule has 5 heterocycles. The molecule has 18 heteroatoms. The standard InChI is InChI=1S/C44H47ClN8O8S/c45-32-4-2-29(3-5-32)37-24-44(12-1-13-44)14-10-31(37)27-51-16-18-52(19-17-51)40-9-7-36(43(49-40)61-33-22-30-11-15-46-41(30)48-25-33)42(54)50-62(57,58)35-6-8-38(39(23-35)53(55)56)47-26-34-28-59-20-21-60-34/h2-9,11,15,22-23,25,34,47H,1,10,12-14,16-21,24,26-28H2,(H,46,48)(H,50,54). The number of hydrogen-bond donors (Lipinski definition) is 3. The molecule has 62 heavy (non-hydrogen) atoms. The number of fused-ring (bicyclic) bond motifs is 1. The summed E-state index contributed by atoms with van der Waals surface area (Å²) in [6, 6.07) is 18.3. The van der Waals surface area contributed by atoms with Crippen LogP contribution in [0, 0.1) is 15.5 Å². The van der Waals surface area contributed by atoms with Gasteiger partial charge in [0.15, 0.2) is 0 Å². The molecule has 1 spiro atoms. The van der Waals surface area contributed by atoms with Crippen molar-refractivity contribution in [3.05, 3.63) is 111 Å². The van der Waals surface area contributed by atoms with Gasteiger partial charge < -0.3 is 29.4 Å². The van der Waals surface area contributed by atoms with E-state index in [1.165, 1.54) is 66.8 Å². The van der Waals surface area contributed by atoms with Gasteiger partial charge in [0.05, 0.1) is 41.9 Å². The van der Waals surface area contributed by atoms with E-state index in [4.69, 9.17) is 30.8 Å². The van der Waals surface area contributed by atoms with Crippen molar-refractivity contribution in [2.75, 3.05) is 69.3 Å². The Morgan fingerprint density at radius 3 is 2.60 bits per heavy atom. The van der Waals surface area contributed by atoms with E-state index in [0.29, 0.717) is 49.8 Å². The number of ether oxygens (including phenoxy) is 3. The molecule has 2 aliphatic carbocycles. The number of piperazine rings is 1. The summed E-state index contributed by atoms with van der Waals surface area (Å²) in [6.07, 6.45) is 10.2. The number of carbonyl (C=O) groups excluding carboxylic acids is 1. The summed E-state index contributed by atoms with van der Waals surface area (Å²) in [5.74, 6) is -0.309. The van der Waals surface area contributed by atoms with Gasteiger partial charge in [-0.2, -0.15) is 4.98 Å². The van der Waals surface area contributed by atoms with Gasteiger partial charge in [-0.15, -0.1) is 0 Å². The molecule has 2 saturated heterocycles. The predicted octanol–water partition coefficient (Wildman–Crippen LogP) is 7.19. The lowest BCUT2D eigenvalue weighted by Gasteiger charge is -2.47. The van der Waals surface area contributed by atoms with Crippen molar-refractivity contribution in [2.24, 2.45) is 5.41 Å². The number of aromatic amines is 1. The zero-order valence-electron chi connectivity index (χ0n) is 34.0. The number of rotatable bonds is 13. The van der Waals surface area contributed by atoms with Gasteiger partial charge in [0.1, 0.15) is 28.5 Å². The smallest absolute Gasteiger partial charge is 0.293 e. The highest BCUT2D eigenvalue weighted by atomic mass is 35.5. The lowest BCUT2D eigenvalue weighted by atomic mass is 9.59. The Balaban J connectivity index is 0.926.